The molecule has 1 heterocycles. The molecule has 168 valence electrons. The Morgan fingerprint density at radius 1 is 1.03 bits per heavy atom. The molecule has 0 saturated carbocycles. The highest BCUT2D eigenvalue weighted by Crippen LogP contribution is 2.35. The first-order valence-electron chi connectivity index (χ1n) is 10.1. The number of thiazole rings is 1. The van der Waals surface area contributed by atoms with Crippen LogP contribution in [-0.2, 0) is 4.79 Å². The molecule has 2 amide bonds. The SMILES string of the molecule is COc1ccc(-c2nc(C)c(C(=O)N(C)CC(=O)Nc3c(C)cccc3C)s2)cc1OC. The summed E-state index contributed by atoms with van der Waals surface area (Å²) < 4.78 is 10.6. The van der Waals surface area contributed by atoms with E-state index in [1.807, 2.05) is 44.2 Å². The number of methoxy groups -OCH3 is 2. The van der Waals surface area contributed by atoms with Gasteiger partial charge >= 0.3 is 0 Å². The predicted octanol–water partition coefficient (Wildman–Crippen LogP) is 4.46. The van der Waals surface area contributed by atoms with E-state index in [0.29, 0.717) is 27.1 Å². The first-order valence-corrected chi connectivity index (χ1v) is 10.9. The van der Waals surface area contributed by atoms with Crippen LogP contribution in [0.5, 0.6) is 11.5 Å². The van der Waals surface area contributed by atoms with Gasteiger partial charge in [-0.2, -0.15) is 0 Å². The summed E-state index contributed by atoms with van der Waals surface area (Å²) in [7, 11) is 4.76. The Morgan fingerprint density at radius 3 is 2.31 bits per heavy atom. The van der Waals surface area contributed by atoms with Crippen LogP contribution in [0, 0.1) is 20.8 Å². The number of hydrogen-bond acceptors (Lipinski definition) is 6. The molecule has 0 bridgehead atoms. The van der Waals surface area contributed by atoms with Gasteiger partial charge in [-0.1, -0.05) is 18.2 Å². The van der Waals surface area contributed by atoms with Gasteiger partial charge in [0, 0.05) is 18.3 Å². The molecule has 0 saturated heterocycles. The van der Waals surface area contributed by atoms with Gasteiger partial charge < -0.3 is 19.7 Å². The van der Waals surface area contributed by atoms with Crippen molar-refractivity contribution in [2.24, 2.45) is 0 Å². The second-order valence-electron chi connectivity index (χ2n) is 7.48. The maximum Gasteiger partial charge on any atom is 0.266 e. The standard InChI is InChI=1S/C24H27N3O4S/c1-14-8-7-9-15(2)21(14)26-20(28)13-27(4)24(29)22-16(3)25-23(32-22)17-10-11-18(30-5)19(12-17)31-6/h7-12H,13H2,1-6H3,(H,26,28). The molecule has 0 fully saturated rings. The zero-order valence-corrected chi connectivity index (χ0v) is 19.9. The molecular formula is C24H27N3O4S. The minimum Gasteiger partial charge on any atom is -0.493 e. The zero-order chi connectivity index (χ0) is 23.4. The lowest BCUT2D eigenvalue weighted by Crippen LogP contribution is -2.35. The van der Waals surface area contributed by atoms with E-state index in [4.69, 9.17) is 9.47 Å². The number of rotatable bonds is 7. The van der Waals surface area contributed by atoms with Crippen molar-refractivity contribution < 1.29 is 19.1 Å². The number of nitrogens with one attached hydrogen (secondary N) is 1. The average Bonchev–Trinajstić information content (AvgIpc) is 3.16. The number of anilines is 1. The third-order valence-corrected chi connectivity index (χ3v) is 6.29. The lowest BCUT2D eigenvalue weighted by atomic mass is 10.1. The van der Waals surface area contributed by atoms with Gasteiger partial charge in [-0.3, -0.25) is 9.59 Å². The number of hydrogen-bond donors (Lipinski definition) is 1. The Labute approximate surface area is 192 Å². The lowest BCUT2D eigenvalue weighted by molar-refractivity contribution is -0.116. The molecule has 0 aliphatic carbocycles. The Bertz CT molecular complexity index is 1140. The Balaban J connectivity index is 1.75. The number of carbonyl (C=O) groups excluding carboxylic acids is 2. The normalized spacial score (nSPS) is 10.6. The lowest BCUT2D eigenvalue weighted by Gasteiger charge is -2.17. The van der Waals surface area contributed by atoms with Gasteiger partial charge in [-0.15, -0.1) is 11.3 Å². The molecular weight excluding hydrogens is 426 g/mol. The number of amides is 2. The second kappa shape index (κ2) is 9.82. The van der Waals surface area contributed by atoms with Gasteiger partial charge in [0.2, 0.25) is 5.91 Å². The fourth-order valence-corrected chi connectivity index (χ4v) is 4.40. The van der Waals surface area contributed by atoms with E-state index in [0.717, 1.165) is 22.4 Å². The van der Waals surface area contributed by atoms with Crippen molar-refractivity contribution in [2.45, 2.75) is 20.8 Å². The molecule has 0 spiro atoms. The summed E-state index contributed by atoms with van der Waals surface area (Å²) in [5.74, 6) is 0.713. The molecule has 32 heavy (non-hydrogen) atoms. The van der Waals surface area contributed by atoms with Crippen molar-refractivity contribution >= 4 is 28.8 Å². The number of benzene rings is 2. The van der Waals surface area contributed by atoms with E-state index >= 15 is 0 Å². The molecule has 1 aromatic heterocycles. The summed E-state index contributed by atoms with van der Waals surface area (Å²) >= 11 is 1.29. The van der Waals surface area contributed by atoms with Crippen LogP contribution in [0.4, 0.5) is 5.69 Å². The first kappa shape index (κ1) is 23.3. The maximum absolute atomic E-state index is 13.0. The van der Waals surface area contributed by atoms with Crippen LogP contribution < -0.4 is 14.8 Å². The highest BCUT2D eigenvalue weighted by atomic mass is 32.1. The second-order valence-corrected chi connectivity index (χ2v) is 8.48. The van der Waals surface area contributed by atoms with Crippen LogP contribution in [0.2, 0.25) is 0 Å². The minimum absolute atomic E-state index is 0.0599. The number of ether oxygens (including phenoxy) is 2. The van der Waals surface area contributed by atoms with Crippen molar-refractivity contribution in [1.82, 2.24) is 9.88 Å². The molecule has 0 aliphatic heterocycles. The predicted molar refractivity (Wildman–Crippen MR) is 127 cm³/mol. The van der Waals surface area contributed by atoms with Gasteiger partial charge in [0.25, 0.3) is 5.91 Å². The third kappa shape index (κ3) is 4.91. The largest absolute Gasteiger partial charge is 0.493 e. The molecule has 2 aromatic carbocycles. The van der Waals surface area contributed by atoms with Crippen LogP contribution in [0.15, 0.2) is 36.4 Å². The molecule has 8 heteroatoms. The number of aromatic nitrogens is 1. The fourth-order valence-electron chi connectivity index (χ4n) is 3.34. The van der Waals surface area contributed by atoms with Gasteiger partial charge in [-0.25, -0.2) is 4.98 Å². The fraction of sp³-hybridized carbons (Fsp3) is 0.292. The summed E-state index contributed by atoms with van der Waals surface area (Å²) in [4.78, 5) is 32.1. The van der Waals surface area contributed by atoms with Crippen molar-refractivity contribution in [1.29, 1.82) is 0 Å². The van der Waals surface area contributed by atoms with Crippen molar-refractivity contribution in [3.05, 3.63) is 58.1 Å². The summed E-state index contributed by atoms with van der Waals surface area (Å²) in [5, 5.41) is 3.61. The van der Waals surface area contributed by atoms with Gasteiger partial charge in [0.1, 0.15) is 9.88 Å². The topological polar surface area (TPSA) is 80.8 Å². The maximum atomic E-state index is 13.0. The molecule has 3 aromatic rings. The molecule has 1 N–H and O–H groups in total. The van der Waals surface area contributed by atoms with Gasteiger partial charge in [-0.05, 0) is 50.1 Å². The Kier molecular flexibility index (Phi) is 7.15. The van der Waals surface area contributed by atoms with E-state index < -0.39 is 0 Å². The Morgan fingerprint density at radius 2 is 1.69 bits per heavy atom. The number of carbonyl (C=O) groups is 2. The van der Waals surface area contributed by atoms with E-state index in [2.05, 4.69) is 10.3 Å². The smallest absolute Gasteiger partial charge is 0.266 e. The van der Waals surface area contributed by atoms with E-state index in [-0.39, 0.29) is 18.4 Å². The quantitative estimate of drug-likeness (QED) is 0.571. The highest BCUT2D eigenvalue weighted by Gasteiger charge is 2.22. The van der Waals surface area contributed by atoms with Crippen molar-refractivity contribution in [2.75, 3.05) is 33.1 Å². The number of nitrogens with zero attached hydrogens (tertiary/aromatic N) is 2. The summed E-state index contributed by atoms with van der Waals surface area (Å²) in [6.45, 7) is 5.61. The molecule has 0 radical (unpaired) electrons. The number of para-hydroxylation sites is 1. The summed E-state index contributed by atoms with van der Waals surface area (Å²) in [6, 6.07) is 11.3. The van der Waals surface area contributed by atoms with Crippen LogP contribution in [-0.4, -0.2) is 49.5 Å². The monoisotopic (exact) mass is 453 g/mol. The Hall–Kier alpha value is -3.39. The highest BCUT2D eigenvalue weighted by molar-refractivity contribution is 7.17. The van der Waals surface area contributed by atoms with E-state index in [1.165, 1.54) is 16.2 Å². The van der Waals surface area contributed by atoms with Crippen LogP contribution in [0.25, 0.3) is 10.6 Å². The molecule has 3 rings (SSSR count). The van der Waals surface area contributed by atoms with Gasteiger partial charge in [0.05, 0.1) is 26.5 Å². The molecule has 0 unspecified atom stereocenters. The molecule has 0 atom stereocenters. The molecule has 0 aliphatic rings. The van der Waals surface area contributed by atoms with Crippen LogP contribution in [0.3, 0.4) is 0 Å². The average molecular weight is 454 g/mol. The van der Waals surface area contributed by atoms with Gasteiger partial charge in [0.15, 0.2) is 11.5 Å². The van der Waals surface area contributed by atoms with Crippen LogP contribution >= 0.6 is 11.3 Å². The number of aryl methyl sites for hydroxylation is 3. The third-order valence-electron chi connectivity index (χ3n) is 5.09. The first-order chi connectivity index (χ1) is 15.2. The van der Waals surface area contributed by atoms with E-state index in [9.17, 15) is 9.59 Å². The zero-order valence-electron chi connectivity index (χ0n) is 19.1. The number of likely N-dealkylation sites (N-methyl/N-ethyl adjacent to an activating group) is 1. The summed E-state index contributed by atoms with van der Waals surface area (Å²) in [5.41, 5.74) is 4.18. The molecule has 7 nitrogen and oxygen atoms in total. The van der Waals surface area contributed by atoms with E-state index in [1.54, 1.807) is 34.3 Å². The van der Waals surface area contributed by atoms with Crippen molar-refractivity contribution in [3.63, 3.8) is 0 Å². The summed E-state index contributed by atoms with van der Waals surface area (Å²) in [6.07, 6.45) is 0. The van der Waals surface area contributed by atoms with Crippen molar-refractivity contribution in [3.8, 4) is 22.1 Å². The van der Waals surface area contributed by atoms with Crippen LogP contribution in [0.1, 0.15) is 26.5 Å². The minimum atomic E-state index is -0.250.